The Morgan fingerprint density at radius 1 is 1.47 bits per heavy atom. The predicted molar refractivity (Wildman–Crippen MR) is 69.9 cm³/mol. The van der Waals surface area contributed by atoms with Crippen LogP contribution in [-0.2, 0) is 6.54 Å². The average molecular weight is 271 g/mol. The summed E-state index contributed by atoms with van der Waals surface area (Å²) in [6.07, 6.45) is 0. The number of benzene rings is 1. The maximum atomic E-state index is 13.7. The van der Waals surface area contributed by atoms with E-state index in [2.05, 4.69) is 10.3 Å². The van der Waals surface area contributed by atoms with E-state index in [-0.39, 0.29) is 5.82 Å². The summed E-state index contributed by atoms with van der Waals surface area (Å²) in [6, 6.07) is 4.66. The first kappa shape index (κ1) is 12.5. The predicted octanol–water partition coefficient (Wildman–Crippen LogP) is 3.71. The zero-order valence-corrected chi connectivity index (χ0v) is 10.9. The molecule has 1 N–H and O–H groups in total. The number of hydrogen-bond donors (Lipinski definition) is 1. The van der Waals surface area contributed by atoms with Gasteiger partial charge in [0.15, 0.2) is 0 Å². The molecule has 17 heavy (non-hydrogen) atoms. The lowest BCUT2D eigenvalue weighted by atomic mass is 10.2. The second-order valence-corrected chi connectivity index (χ2v) is 4.79. The molecule has 0 saturated carbocycles. The van der Waals surface area contributed by atoms with Gasteiger partial charge >= 0.3 is 0 Å². The van der Waals surface area contributed by atoms with E-state index in [9.17, 15) is 4.39 Å². The smallest absolute Gasteiger partial charge is 0.134 e. The van der Waals surface area contributed by atoms with Crippen molar-refractivity contribution in [2.75, 3.05) is 6.54 Å². The lowest BCUT2D eigenvalue weighted by Gasteiger charge is -2.01. The molecule has 1 heterocycles. The fourth-order valence-corrected chi connectivity index (χ4v) is 2.65. The first-order valence-corrected chi connectivity index (χ1v) is 6.57. The highest BCUT2D eigenvalue weighted by molar-refractivity contribution is 7.13. The maximum Gasteiger partial charge on any atom is 0.134 e. The Morgan fingerprint density at radius 3 is 3.00 bits per heavy atom. The van der Waals surface area contributed by atoms with Crippen LogP contribution in [0.4, 0.5) is 4.39 Å². The average Bonchev–Trinajstić information content (AvgIpc) is 2.75. The minimum atomic E-state index is -0.332. The van der Waals surface area contributed by atoms with Crippen LogP contribution in [0.1, 0.15) is 12.6 Å². The molecule has 2 rings (SSSR count). The topological polar surface area (TPSA) is 24.9 Å². The number of halogens is 2. The molecule has 0 bridgehead atoms. The summed E-state index contributed by atoms with van der Waals surface area (Å²) in [5.41, 5.74) is 1.30. The molecule has 0 fully saturated rings. The molecule has 0 radical (unpaired) electrons. The van der Waals surface area contributed by atoms with Gasteiger partial charge in [-0.15, -0.1) is 11.3 Å². The normalized spacial score (nSPS) is 10.8. The number of nitrogens with one attached hydrogen (secondary N) is 1. The summed E-state index contributed by atoms with van der Waals surface area (Å²) in [5.74, 6) is -0.332. The van der Waals surface area contributed by atoms with Gasteiger partial charge in [-0.05, 0) is 18.7 Å². The monoisotopic (exact) mass is 270 g/mol. The minimum Gasteiger partial charge on any atom is -0.311 e. The molecule has 0 aliphatic heterocycles. The Morgan fingerprint density at radius 2 is 2.29 bits per heavy atom. The summed E-state index contributed by atoms with van der Waals surface area (Å²) in [7, 11) is 0. The Kier molecular flexibility index (Phi) is 4.10. The van der Waals surface area contributed by atoms with E-state index in [0.29, 0.717) is 22.1 Å². The summed E-state index contributed by atoms with van der Waals surface area (Å²) in [4.78, 5) is 4.37. The van der Waals surface area contributed by atoms with Gasteiger partial charge in [-0.25, -0.2) is 9.37 Å². The molecule has 1 aromatic carbocycles. The summed E-state index contributed by atoms with van der Waals surface area (Å²) < 4.78 is 13.7. The number of rotatable bonds is 4. The third-order valence-electron chi connectivity index (χ3n) is 2.28. The maximum absolute atomic E-state index is 13.7. The van der Waals surface area contributed by atoms with Gasteiger partial charge in [0.25, 0.3) is 0 Å². The van der Waals surface area contributed by atoms with Crippen molar-refractivity contribution in [2.24, 2.45) is 0 Å². The fraction of sp³-hybridized carbons (Fsp3) is 0.250. The largest absolute Gasteiger partial charge is 0.311 e. The zero-order valence-electron chi connectivity index (χ0n) is 9.34. The molecular formula is C12H12ClFN2S. The van der Waals surface area contributed by atoms with E-state index in [1.54, 1.807) is 12.1 Å². The molecule has 2 nitrogen and oxygen atoms in total. The number of nitrogens with zero attached hydrogens (tertiary/aromatic N) is 1. The van der Waals surface area contributed by atoms with E-state index in [1.807, 2.05) is 12.3 Å². The van der Waals surface area contributed by atoms with Gasteiger partial charge in [0.1, 0.15) is 10.8 Å². The van der Waals surface area contributed by atoms with Crippen molar-refractivity contribution in [2.45, 2.75) is 13.5 Å². The Balaban J connectivity index is 2.30. The lowest BCUT2D eigenvalue weighted by Crippen LogP contribution is -2.11. The van der Waals surface area contributed by atoms with Crippen molar-refractivity contribution in [3.63, 3.8) is 0 Å². The van der Waals surface area contributed by atoms with Gasteiger partial charge in [-0.2, -0.15) is 0 Å². The molecular weight excluding hydrogens is 259 g/mol. The molecule has 90 valence electrons. The van der Waals surface area contributed by atoms with Crippen molar-refractivity contribution in [1.82, 2.24) is 10.3 Å². The van der Waals surface area contributed by atoms with E-state index in [1.165, 1.54) is 17.4 Å². The van der Waals surface area contributed by atoms with Crippen LogP contribution in [0.25, 0.3) is 10.6 Å². The highest BCUT2D eigenvalue weighted by Gasteiger charge is 2.13. The van der Waals surface area contributed by atoms with Crippen molar-refractivity contribution in [3.8, 4) is 10.6 Å². The molecule has 0 saturated heterocycles. The van der Waals surface area contributed by atoms with Gasteiger partial charge < -0.3 is 5.32 Å². The Labute approximate surface area is 108 Å². The second kappa shape index (κ2) is 5.58. The summed E-state index contributed by atoms with van der Waals surface area (Å²) in [5, 5.41) is 6.12. The van der Waals surface area contributed by atoms with E-state index in [4.69, 9.17) is 11.6 Å². The Bertz CT molecular complexity index is 493. The van der Waals surface area contributed by atoms with Gasteiger partial charge in [-0.3, -0.25) is 0 Å². The number of aromatic nitrogens is 1. The molecule has 0 atom stereocenters. The molecule has 0 spiro atoms. The van der Waals surface area contributed by atoms with Gasteiger partial charge in [-0.1, -0.05) is 24.6 Å². The molecule has 5 heteroatoms. The van der Waals surface area contributed by atoms with Crippen LogP contribution >= 0.6 is 22.9 Å². The molecule has 0 unspecified atom stereocenters. The highest BCUT2D eigenvalue weighted by Crippen LogP contribution is 2.32. The summed E-state index contributed by atoms with van der Waals surface area (Å²) >= 11 is 7.39. The SMILES string of the molecule is CCNCc1csc(-c2c(F)cccc2Cl)n1. The van der Waals surface area contributed by atoms with Crippen LogP contribution in [-0.4, -0.2) is 11.5 Å². The van der Waals surface area contributed by atoms with Crippen molar-refractivity contribution < 1.29 is 4.39 Å². The van der Waals surface area contributed by atoms with Gasteiger partial charge in [0.2, 0.25) is 0 Å². The van der Waals surface area contributed by atoms with E-state index in [0.717, 1.165) is 12.2 Å². The van der Waals surface area contributed by atoms with E-state index < -0.39 is 0 Å². The molecule has 0 aliphatic carbocycles. The van der Waals surface area contributed by atoms with Crippen LogP contribution in [0, 0.1) is 5.82 Å². The minimum absolute atomic E-state index is 0.332. The molecule has 1 aromatic heterocycles. The molecule has 2 aromatic rings. The van der Waals surface area contributed by atoms with Crippen LogP contribution in [0.3, 0.4) is 0 Å². The van der Waals surface area contributed by atoms with Crippen molar-refractivity contribution in [1.29, 1.82) is 0 Å². The number of hydrogen-bond acceptors (Lipinski definition) is 3. The third kappa shape index (κ3) is 2.83. The van der Waals surface area contributed by atoms with Crippen LogP contribution in [0.2, 0.25) is 5.02 Å². The summed E-state index contributed by atoms with van der Waals surface area (Å²) in [6.45, 7) is 3.60. The van der Waals surface area contributed by atoms with Crippen molar-refractivity contribution >= 4 is 22.9 Å². The van der Waals surface area contributed by atoms with Crippen LogP contribution < -0.4 is 5.32 Å². The first-order valence-electron chi connectivity index (χ1n) is 5.32. The quantitative estimate of drug-likeness (QED) is 0.916. The lowest BCUT2D eigenvalue weighted by molar-refractivity contribution is 0.631. The van der Waals surface area contributed by atoms with Crippen molar-refractivity contribution in [3.05, 3.63) is 40.1 Å². The van der Waals surface area contributed by atoms with Gasteiger partial charge in [0, 0.05) is 11.9 Å². The Hall–Kier alpha value is -0.970. The molecule has 0 amide bonds. The van der Waals surface area contributed by atoms with Crippen LogP contribution in [0.5, 0.6) is 0 Å². The second-order valence-electron chi connectivity index (χ2n) is 3.52. The zero-order chi connectivity index (χ0) is 12.3. The standard InChI is InChI=1S/C12H12ClFN2S/c1-2-15-6-8-7-17-12(16-8)11-9(13)4-3-5-10(11)14/h3-5,7,15H,2,6H2,1H3. The number of thiazole rings is 1. The highest BCUT2D eigenvalue weighted by atomic mass is 35.5. The molecule has 0 aliphatic rings. The van der Waals surface area contributed by atoms with Gasteiger partial charge in [0.05, 0.1) is 16.3 Å². The van der Waals surface area contributed by atoms with E-state index >= 15 is 0 Å². The third-order valence-corrected chi connectivity index (χ3v) is 3.51. The first-order chi connectivity index (χ1) is 8.22. The fourth-order valence-electron chi connectivity index (χ4n) is 1.46. The van der Waals surface area contributed by atoms with Crippen LogP contribution in [0.15, 0.2) is 23.6 Å².